The number of nitrogens with zero attached hydrogens (tertiary/aromatic N) is 2. The van der Waals surface area contributed by atoms with Crippen LogP contribution in [-0.4, -0.2) is 0 Å². The highest BCUT2D eigenvalue weighted by molar-refractivity contribution is 6.34. The van der Waals surface area contributed by atoms with Crippen LogP contribution in [-0.2, 0) is 6.42 Å². The third-order valence-electron chi connectivity index (χ3n) is 13.3. The fraction of sp³-hybridized carbons (Fsp3) is 0.0159. The van der Waals surface area contributed by atoms with E-state index < -0.39 is 0 Å². The molecule has 11 aromatic carbocycles. The van der Waals surface area contributed by atoms with Gasteiger partial charge in [0, 0.05) is 33.5 Å². The lowest BCUT2D eigenvalue weighted by atomic mass is 9.84. The van der Waals surface area contributed by atoms with Gasteiger partial charge in [-0.15, -0.1) is 0 Å². The van der Waals surface area contributed by atoms with Crippen molar-refractivity contribution in [3.63, 3.8) is 0 Å². The van der Waals surface area contributed by atoms with E-state index in [1.165, 1.54) is 75.8 Å². The highest BCUT2D eigenvalue weighted by Gasteiger charge is 2.23. The summed E-state index contributed by atoms with van der Waals surface area (Å²) >= 11 is 0. The molecule has 0 heterocycles. The molecule has 0 N–H and O–H groups in total. The fourth-order valence-corrected chi connectivity index (χ4v) is 10.3. The van der Waals surface area contributed by atoms with Crippen LogP contribution < -0.4 is 9.80 Å². The molecule has 0 spiro atoms. The van der Waals surface area contributed by atoms with Crippen molar-refractivity contribution < 1.29 is 0 Å². The zero-order chi connectivity index (χ0) is 43.4. The number of allylic oxidation sites excluding steroid dienone is 3. The second kappa shape index (κ2) is 15.7. The molecular weight excluding hydrogens is 785 g/mol. The molecule has 0 radical (unpaired) electrons. The smallest absolute Gasteiger partial charge is 0.0540 e. The summed E-state index contributed by atoms with van der Waals surface area (Å²) < 4.78 is 0. The summed E-state index contributed by atoms with van der Waals surface area (Å²) in [7, 11) is 0. The number of hydrogen-bond acceptors (Lipinski definition) is 2. The Hall–Kier alpha value is -8.46. The molecule has 1 aliphatic rings. The van der Waals surface area contributed by atoms with Gasteiger partial charge in [-0.05, 0) is 143 Å². The summed E-state index contributed by atoms with van der Waals surface area (Å²) in [6.45, 7) is 8.10. The van der Waals surface area contributed by atoms with Crippen LogP contribution in [0.3, 0.4) is 0 Å². The van der Waals surface area contributed by atoms with Gasteiger partial charge in [-0.2, -0.15) is 0 Å². The Morgan fingerprint density at radius 2 is 0.831 bits per heavy atom. The number of hydrogen-bond donors (Lipinski definition) is 0. The van der Waals surface area contributed by atoms with Crippen LogP contribution in [0, 0.1) is 0 Å². The first-order valence-electron chi connectivity index (χ1n) is 22.4. The Morgan fingerprint density at radius 3 is 1.40 bits per heavy atom. The minimum atomic E-state index is 0.821. The summed E-state index contributed by atoms with van der Waals surface area (Å²) in [5.74, 6) is 0. The van der Waals surface area contributed by atoms with Gasteiger partial charge < -0.3 is 9.80 Å². The van der Waals surface area contributed by atoms with E-state index in [0.29, 0.717) is 0 Å². The molecule has 0 unspecified atom stereocenters. The van der Waals surface area contributed by atoms with E-state index in [-0.39, 0.29) is 0 Å². The summed E-state index contributed by atoms with van der Waals surface area (Å²) in [6, 6.07) is 71.3. The van der Waals surface area contributed by atoms with Gasteiger partial charge >= 0.3 is 0 Å². The molecule has 306 valence electrons. The normalized spacial score (nSPS) is 12.2. The van der Waals surface area contributed by atoms with Crippen LogP contribution in [0.1, 0.15) is 22.3 Å². The lowest BCUT2D eigenvalue weighted by Gasteiger charge is -2.29. The van der Waals surface area contributed by atoms with Gasteiger partial charge in [0.2, 0.25) is 0 Å². The van der Waals surface area contributed by atoms with E-state index in [4.69, 9.17) is 0 Å². The van der Waals surface area contributed by atoms with E-state index in [0.717, 1.165) is 51.7 Å². The maximum Gasteiger partial charge on any atom is 0.0540 e. The first kappa shape index (κ1) is 38.2. The van der Waals surface area contributed by atoms with Crippen molar-refractivity contribution in [1.29, 1.82) is 0 Å². The molecular formula is C63H44N2. The van der Waals surface area contributed by atoms with E-state index in [2.05, 4.69) is 241 Å². The molecule has 0 atom stereocenters. The highest BCUT2D eigenvalue weighted by Crippen LogP contribution is 2.49. The molecule has 2 heteroatoms. The first-order valence-corrected chi connectivity index (χ1v) is 22.4. The highest BCUT2D eigenvalue weighted by atomic mass is 15.1. The monoisotopic (exact) mass is 828 g/mol. The molecule has 0 saturated heterocycles. The van der Waals surface area contributed by atoms with Crippen LogP contribution in [0.15, 0.2) is 226 Å². The van der Waals surface area contributed by atoms with Gasteiger partial charge in [-0.25, -0.2) is 0 Å². The molecule has 2 nitrogen and oxygen atoms in total. The molecule has 0 aliphatic heterocycles. The zero-order valence-corrected chi connectivity index (χ0v) is 36.0. The van der Waals surface area contributed by atoms with Crippen molar-refractivity contribution in [2.75, 3.05) is 9.80 Å². The van der Waals surface area contributed by atoms with Crippen molar-refractivity contribution >= 4 is 117 Å². The molecule has 65 heavy (non-hydrogen) atoms. The van der Waals surface area contributed by atoms with Crippen molar-refractivity contribution in [2.45, 2.75) is 6.42 Å². The molecule has 0 amide bonds. The second-order valence-electron chi connectivity index (χ2n) is 16.9. The molecule has 0 aromatic heterocycles. The van der Waals surface area contributed by atoms with E-state index in [9.17, 15) is 0 Å². The molecule has 11 aromatic rings. The van der Waals surface area contributed by atoms with Crippen LogP contribution in [0.5, 0.6) is 0 Å². The Kier molecular flexibility index (Phi) is 9.24. The van der Waals surface area contributed by atoms with Gasteiger partial charge in [0.1, 0.15) is 0 Å². The Morgan fingerprint density at radius 1 is 0.369 bits per heavy atom. The van der Waals surface area contributed by atoms with Gasteiger partial charge in [-0.3, -0.25) is 0 Å². The minimum Gasteiger partial charge on any atom is -0.310 e. The van der Waals surface area contributed by atoms with Gasteiger partial charge in [0.05, 0.1) is 11.4 Å². The van der Waals surface area contributed by atoms with E-state index in [1.54, 1.807) is 0 Å². The molecule has 12 rings (SSSR count). The minimum absolute atomic E-state index is 0.821. The van der Waals surface area contributed by atoms with Crippen LogP contribution in [0.25, 0.3) is 82.9 Å². The summed E-state index contributed by atoms with van der Waals surface area (Å²) in [6.07, 6.45) is 13.7. The predicted molar refractivity (Wildman–Crippen MR) is 283 cm³/mol. The standard InChI is InChI=1S/C63H44N2/c1-3-42-28-32-46(33-29-42)64(60-26-14-18-44-16-8-10-20-50(44)60)48-36-38-54-52-22-6-5-7-24-56(52)62-59-41-49(37-39-55(59)53-23-12-13-25-57(53)63(62)58(54)40-48)65(47-34-30-43(4-2)31-35-47)61-27-15-19-45-17-9-11-21-51(45)61/h3-23,25-41H,1-2,24H2. The number of fused-ring (bicyclic) bond motifs is 13. The molecule has 1 aliphatic carbocycles. The SMILES string of the molecule is C=Cc1ccc(N(c2ccc3c4ccccc4c4c5cc(N(c6ccc(C=C)cc6)c6cccc7ccccc67)ccc5c5c(c4c3c2)CC=CC=C5)c2cccc3ccccc23)cc1. The maximum atomic E-state index is 4.05. The lowest BCUT2D eigenvalue weighted by molar-refractivity contribution is 1.29. The van der Waals surface area contributed by atoms with Gasteiger partial charge in [0.15, 0.2) is 0 Å². The molecule has 0 saturated carbocycles. The Balaban J connectivity index is 1.19. The third-order valence-corrected chi connectivity index (χ3v) is 13.3. The molecule has 0 fully saturated rings. The van der Waals surface area contributed by atoms with Crippen LogP contribution in [0.2, 0.25) is 0 Å². The Labute approximate surface area is 379 Å². The number of rotatable bonds is 8. The summed E-state index contributed by atoms with van der Waals surface area (Å²) in [5.41, 5.74) is 11.4. The van der Waals surface area contributed by atoms with Crippen molar-refractivity contribution in [2.24, 2.45) is 0 Å². The second-order valence-corrected chi connectivity index (χ2v) is 16.9. The number of benzene rings is 11. The quantitative estimate of drug-likeness (QED) is 0.141. The van der Waals surface area contributed by atoms with Crippen molar-refractivity contribution in [3.8, 4) is 0 Å². The Bertz CT molecular complexity index is 3770. The zero-order valence-electron chi connectivity index (χ0n) is 36.0. The molecule has 0 bridgehead atoms. The van der Waals surface area contributed by atoms with Gasteiger partial charge in [0.25, 0.3) is 0 Å². The summed E-state index contributed by atoms with van der Waals surface area (Å²) in [4.78, 5) is 4.84. The van der Waals surface area contributed by atoms with Crippen LogP contribution >= 0.6 is 0 Å². The average molecular weight is 829 g/mol. The third kappa shape index (κ3) is 6.33. The predicted octanol–water partition coefficient (Wildman–Crippen LogP) is 18.0. The average Bonchev–Trinajstić information content (AvgIpc) is 3.63. The number of anilines is 6. The van der Waals surface area contributed by atoms with Crippen LogP contribution in [0.4, 0.5) is 34.1 Å². The van der Waals surface area contributed by atoms with Gasteiger partial charge in [-0.1, -0.05) is 183 Å². The van der Waals surface area contributed by atoms with E-state index >= 15 is 0 Å². The first-order chi connectivity index (χ1) is 32.2. The van der Waals surface area contributed by atoms with Crippen molar-refractivity contribution in [1.82, 2.24) is 0 Å². The largest absolute Gasteiger partial charge is 0.310 e. The van der Waals surface area contributed by atoms with E-state index in [1.807, 2.05) is 12.2 Å². The lowest BCUT2D eigenvalue weighted by Crippen LogP contribution is -2.11. The maximum absolute atomic E-state index is 4.05. The summed E-state index contributed by atoms with van der Waals surface area (Å²) in [5, 5.41) is 14.8. The fourth-order valence-electron chi connectivity index (χ4n) is 10.3. The van der Waals surface area contributed by atoms with Crippen molar-refractivity contribution in [3.05, 3.63) is 248 Å². The topological polar surface area (TPSA) is 6.48 Å².